The fraction of sp³-hybridized carbons (Fsp3) is 0.278. The lowest BCUT2D eigenvalue weighted by Crippen LogP contribution is -2.28. The van der Waals surface area contributed by atoms with Gasteiger partial charge in [-0.2, -0.15) is 0 Å². The molecule has 0 bridgehead atoms. The Morgan fingerprint density at radius 1 is 1.15 bits per heavy atom. The van der Waals surface area contributed by atoms with Gasteiger partial charge in [-0.05, 0) is 43.2 Å². The minimum absolute atomic E-state index is 0.0245. The van der Waals surface area contributed by atoms with Crippen molar-refractivity contribution in [1.82, 2.24) is 10.0 Å². The Morgan fingerprint density at radius 3 is 2.58 bits per heavy atom. The normalized spacial score (nSPS) is 14.2. The molecular weight excluding hydrogens is 392 g/mol. The van der Waals surface area contributed by atoms with Gasteiger partial charge in [0.2, 0.25) is 10.0 Å². The second-order valence-corrected chi connectivity index (χ2v) is 9.22. The number of carbonyl (C=O) groups excluding carboxylic acids is 1. The molecular formula is C18H19ClN2O3S2. The van der Waals surface area contributed by atoms with Gasteiger partial charge in [-0.3, -0.25) is 4.79 Å². The second kappa shape index (κ2) is 8.43. The zero-order valence-corrected chi connectivity index (χ0v) is 16.3. The Morgan fingerprint density at radius 2 is 1.88 bits per heavy atom. The first-order valence-corrected chi connectivity index (χ1v) is 11.1. The van der Waals surface area contributed by atoms with Crippen LogP contribution in [0.3, 0.4) is 0 Å². The predicted octanol–water partition coefficient (Wildman–Crippen LogP) is 3.30. The highest BCUT2D eigenvalue weighted by Gasteiger charge is 2.29. The molecule has 1 aliphatic carbocycles. The molecule has 2 aromatic carbocycles. The number of halogens is 1. The van der Waals surface area contributed by atoms with E-state index in [9.17, 15) is 13.2 Å². The average molecular weight is 411 g/mol. The number of hydrogen-bond acceptors (Lipinski definition) is 4. The van der Waals surface area contributed by atoms with Crippen LogP contribution in [-0.2, 0) is 10.0 Å². The summed E-state index contributed by atoms with van der Waals surface area (Å²) in [6.45, 7) is 0.476. The van der Waals surface area contributed by atoms with Gasteiger partial charge >= 0.3 is 0 Å². The van der Waals surface area contributed by atoms with E-state index in [1.807, 2.05) is 30.3 Å². The summed E-state index contributed by atoms with van der Waals surface area (Å²) in [5, 5.41) is 2.91. The third-order valence-corrected chi connectivity index (χ3v) is 6.80. The highest BCUT2D eigenvalue weighted by molar-refractivity contribution is 7.99. The van der Waals surface area contributed by atoms with E-state index in [-0.39, 0.29) is 27.4 Å². The maximum Gasteiger partial charge on any atom is 0.251 e. The van der Waals surface area contributed by atoms with Gasteiger partial charge in [-0.25, -0.2) is 13.1 Å². The Kier molecular flexibility index (Phi) is 6.24. The second-order valence-electron chi connectivity index (χ2n) is 5.96. The van der Waals surface area contributed by atoms with E-state index in [2.05, 4.69) is 10.0 Å². The van der Waals surface area contributed by atoms with Gasteiger partial charge in [-0.1, -0.05) is 29.8 Å². The minimum atomic E-state index is -3.71. The molecule has 0 spiro atoms. The van der Waals surface area contributed by atoms with Crippen LogP contribution in [0.5, 0.6) is 0 Å². The van der Waals surface area contributed by atoms with Crippen molar-refractivity contribution >= 4 is 39.3 Å². The Labute approximate surface area is 162 Å². The maximum atomic E-state index is 12.4. The van der Waals surface area contributed by atoms with Crippen molar-refractivity contribution in [3.05, 3.63) is 59.1 Å². The molecule has 0 heterocycles. The number of sulfonamides is 1. The smallest absolute Gasteiger partial charge is 0.251 e. The maximum absolute atomic E-state index is 12.4. The van der Waals surface area contributed by atoms with E-state index in [1.165, 1.54) is 18.2 Å². The molecule has 0 radical (unpaired) electrons. The van der Waals surface area contributed by atoms with Crippen LogP contribution in [0.15, 0.2) is 58.3 Å². The Balaban J connectivity index is 1.59. The van der Waals surface area contributed by atoms with E-state index >= 15 is 0 Å². The molecule has 1 saturated carbocycles. The zero-order valence-electron chi connectivity index (χ0n) is 13.9. The van der Waals surface area contributed by atoms with Crippen LogP contribution in [0.25, 0.3) is 0 Å². The molecule has 1 fully saturated rings. The minimum Gasteiger partial charge on any atom is -0.351 e. The van der Waals surface area contributed by atoms with Crippen molar-refractivity contribution in [2.24, 2.45) is 0 Å². The van der Waals surface area contributed by atoms with Crippen molar-refractivity contribution in [3.63, 3.8) is 0 Å². The fourth-order valence-corrected chi connectivity index (χ4v) is 4.91. The van der Waals surface area contributed by atoms with Crippen LogP contribution >= 0.6 is 23.4 Å². The molecule has 8 heteroatoms. The first kappa shape index (κ1) is 19.2. The number of benzene rings is 2. The monoisotopic (exact) mass is 410 g/mol. The molecule has 0 atom stereocenters. The molecule has 138 valence electrons. The molecule has 0 aromatic heterocycles. The number of amides is 1. The summed E-state index contributed by atoms with van der Waals surface area (Å²) in [6, 6.07) is 14.2. The first-order valence-electron chi connectivity index (χ1n) is 8.23. The molecule has 2 N–H and O–H groups in total. The predicted molar refractivity (Wildman–Crippen MR) is 104 cm³/mol. The van der Waals surface area contributed by atoms with Crippen molar-refractivity contribution in [3.8, 4) is 0 Å². The van der Waals surface area contributed by atoms with Gasteiger partial charge in [-0.15, -0.1) is 11.8 Å². The fourth-order valence-electron chi connectivity index (χ4n) is 2.29. The SMILES string of the molecule is O=C(NCCSc1ccccc1)c1ccc(Cl)c(S(=O)(=O)NC2CC2)c1. The lowest BCUT2D eigenvalue weighted by atomic mass is 10.2. The third-order valence-electron chi connectivity index (χ3n) is 3.78. The molecule has 3 rings (SSSR count). The van der Waals surface area contributed by atoms with Crippen LogP contribution in [0, 0.1) is 0 Å². The average Bonchev–Trinajstić information content (AvgIpc) is 3.43. The molecule has 26 heavy (non-hydrogen) atoms. The van der Waals surface area contributed by atoms with E-state index in [0.29, 0.717) is 6.54 Å². The largest absolute Gasteiger partial charge is 0.351 e. The number of carbonyl (C=O) groups is 1. The lowest BCUT2D eigenvalue weighted by Gasteiger charge is -2.10. The van der Waals surface area contributed by atoms with Gasteiger partial charge in [0.1, 0.15) is 4.90 Å². The summed E-state index contributed by atoms with van der Waals surface area (Å²) in [6.07, 6.45) is 1.66. The van der Waals surface area contributed by atoms with E-state index in [0.717, 1.165) is 23.5 Å². The summed E-state index contributed by atoms with van der Waals surface area (Å²) in [7, 11) is -3.71. The molecule has 5 nitrogen and oxygen atoms in total. The summed E-state index contributed by atoms with van der Waals surface area (Å²) < 4.78 is 27.3. The first-order chi connectivity index (χ1) is 12.5. The third kappa shape index (κ3) is 5.23. The molecule has 0 saturated heterocycles. The summed E-state index contributed by atoms with van der Waals surface area (Å²) >= 11 is 7.67. The number of hydrogen-bond donors (Lipinski definition) is 2. The van der Waals surface area contributed by atoms with Crippen LogP contribution < -0.4 is 10.0 Å². The van der Waals surface area contributed by atoms with Crippen LogP contribution in [0.4, 0.5) is 0 Å². The molecule has 0 aliphatic heterocycles. The van der Waals surface area contributed by atoms with Gasteiger partial charge in [0.25, 0.3) is 5.91 Å². The Hall–Kier alpha value is -1.54. The highest BCUT2D eigenvalue weighted by Crippen LogP contribution is 2.27. The molecule has 1 aliphatic rings. The van der Waals surface area contributed by atoms with Crippen LogP contribution in [-0.4, -0.2) is 32.7 Å². The van der Waals surface area contributed by atoms with Crippen LogP contribution in [0.1, 0.15) is 23.2 Å². The van der Waals surface area contributed by atoms with E-state index < -0.39 is 10.0 Å². The highest BCUT2D eigenvalue weighted by atomic mass is 35.5. The van der Waals surface area contributed by atoms with Gasteiger partial charge in [0.05, 0.1) is 5.02 Å². The van der Waals surface area contributed by atoms with Crippen molar-refractivity contribution < 1.29 is 13.2 Å². The topological polar surface area (TPSA) is 75.3 Å². The summed E-state index contributed by atoms with van der Waals surface area (Å²) in [5.41, 5.74) is 0.273. The Bertz CT molecular complexity index is 885. The van der Waals surface area contributed by atoms with E-state index in [1.54, 1.807) is 11.8 Å². The van der Waals surface area contributed by atoms with E-state index in [4.69, 9.17) is 11.6 Å². The van der Waals surface area contributed by atoms with Crippen LogP contribution in [0.2, 0.25) is 5.02 Å². The molecule has 1 amide bonds. The van der Waals surface area contributed by atoms with Crippen molar-refractivity contribution in [2.45, 2.75) is 28.7 Å². The van der Waals surface area contributed by atoms with Gasteiger partial charge in [0, 0.05) is 28.8 Å². The summed E-state index contributed by atoms with van der Waals surface area (Å²) in [4.78, 5) is 13.4. The summed E-state index contributed by atoms with van der Waals surface area (Å²) in [5.74, 6) is 0.399. The number of nitrogens with one attached hydrogen (secondary N) is 2. The quantitative estimate of drug-likeness (QED) is 0.517. The number of rotatable bonds is 8. The standard InChI is InChI=1S/C18H19ClN2O3S2/c19-16-9-6-13(12-17(16)26(23,24)21-14-7-8-14)18(22)20-10-11-25-15-4-2-1-3-5-15/h1-6,9,12,14,21H,7-8,10-11H2,(H,20,22). The van der Waals surface area contributed by atoms with Gasteiger partial charge < -0.3 is 5.32 Å². The molecule has 0 unspecified atom stereocenters. The zero-order chi connectivity index (χ0) is 18.6. The van der Waals surface area contributed by atoms with Crippen molar-refractivity contribution in [1.29, 1.82) is 0 Å². The lowest BCUT2D eigenvalue weighted by molar-refractivity contribution is 0.0956. The molecule has 2 aromatic rings. The van der Waals surface area contributed by atoms with Crippen molar-refractivity contribution in [2.75, 3.05) is 12.3 Å². The number of thioether (sulfide) groups is 1. The van der Waals surface area contributed by atoms with Gasteiger partial charge in [0.15, 0.2) is 0 Å².